The molecule has 1 atom stereocenters. The molecule has 1 fully saturated rings. The number of amides is 3. The summed E-state index contributed by atoms with van der Waals surface area (Å²) in [5.41, 5.74) is -0.0635. The van der Waals surface area contributed by atoms with E-state index in [9.17, 15) is 32.9 Å². The first-order valence-electron chi connectivity index (χ1n) is 10.1. The van der Waals surface area contributed by atoms with E-state index >= 15 is 0 Å². The zero-order valence-corrected chi connectivity index (χ0v) is 19.5. The number of ether oxygens (including phenoxy) is 2. The number of rotatable bonds is 9. The minimum Gasteiger partial charge on any atom is -0.354 e. The molecule has 1 unspecified atom stereocenters. The van der Waals surface area contributed by atoms with Gasteiger partial charge < -0.3 is 14.4 Å². The van der Waals surface area contributed by atoms with Crippen LogP contribution in [0.25, 0.3) is 0 Å². The van der Waals surface area contributed by atoms with Gasteiger partial charge in [0.1, 0.15) is 6.04 Å². The molecule has 0 aliphatic carbocycles. The highest BCUT2D eigenvalue weighted by molar-refractivity contribution is 7.89. The molecular formula is C21H22N4O9S. The van der Waals surface area contributed by atoms with E-state index in [0.29, 0.717) is 0 Å². The van der Waals surface area contributed by atoms with Crippen molar-refractivity contribution in [2.45, 2.75) is 23.6 Å². The number of hydrogen-bond donors (Lipinski definition) is 1. The number of primary sulfonamides is 1. The van der Waals surface area contributed by atoms with Gasteiger partial charge in [0.05, 0.1) is 28.5 Å². The summed E-state index contributed by atoms with van der Waals surface area (Å²) in [5.74, 6) is -2.01. The van der Waals surface area contributed by atoms with E-state index in [4.69, 9.17) is 14.6 Å². The second-order valence-corrected chi connectivity index (χ2v) is 9.05. The normalized spacial score (nSPS) is 16.1. The first-order chi connectivity index (χ1) is 16.5. The highest BCUT2D eigenvalue weighted by Gasteiger charge is 2.45. The van der Waals surface area contributed by atoms with Crippen LogP contribution in [0.1, 0.15) is 16.8 Å². The maximum absolute atomic E-state index is 13.3. The highest BCUT2D eigenvalue weighted by Crippen LogP contribution is 2.28. The average Bonchev–Trinajstić information content (AvgIpc) is 3.12. The van der Waals surface area contributed by atoms with Gasteiger partial charge in [-0.2, -0.15) is 0 Å². The van der Waals surface area contributed by atoms with Crippen LogP contribution in [-0.2, 0) is 29.1 Å². The molecule has 14 heteroatoms. The Morgan fingerprint density at radius 2 is 1.71 bits per heavy atom. The van der Waals surface area contributed by atoms with E-state index in [-0.39, 0.29) is 34.8 Å². The van der Waals surface area contributed by atoms with Crippen molar-refractivity contribution >= 4 is 39.1 Å². The fourth-order valence-corrected chi connectivity index (χ4v) is 4.08. The number of non-ortho nitro benzene ring substituents is 1. The van der Waals surface area contributed by atoms with Gasteiger partial charge in [0.15, 0.2) is 6.29 Å². The molecule has 3 amide bonds. The summed E-state index contributed by atoms with van der Waals surface area (Å²) in [6.45, 7) is -0.218. The molecule has 13 nitrogen and oxygen atoms in total. The number of benzene rings is 2. The second-order valence-electron chi connectivity index (χ2n) is 7.49. The molecule has 35 heavy (non-hydrogen) atoms. The van der Waals surface area contributed by atoms with E-state index in [1.807, 2.05) is 0 Å². The fraction of sp³-hybridized carbons (Fsp3) is 0.286. The Morgan fingerprint density at radius 1 is 1.14 bits per heavy atom. The summed E-state index contributed by atoms with van der Waals surface area (Å²) < 4.78 is 33.3. The maximum Gasteiger partial charge on any atom is 0.269 e. The van der Waals surface area contributed by atoms with Gasteiger partial charge in [-0.15, -0.1) is 0 Å². The number of nitrogens with two attached hydrogens (primary N) is 1. The molecular weight excluding hydrogens is 484 g/mol. The van der Waals surface area contributed by atoms with Gasteiger partial charge in [0.25, 0.3) is 17.5 Å². The van der Waals surface area contributed by atoms with Gasteiger partial charge in [-0.05, 0) is 36.4 Å². The number of nitro benzene ring substituents is 1. The largest absolute Gasteiger partial charge is 0.354 e. The minimum atomic E-state index is -3.98. The zero-order chi connectivity index (χ0) is 25.9. The topological polar surface area (TPSA) is 179 Å². The van der Waals surface area contributed by atoms with Crippen LogP contribution >= 0.6 is 0 Å². The van der Waals surface area contributed by atoms with Crippen LogP contribution in [0, 0.1) is 10.1 Å². The number of carbonyl (C=O) groups excluding carboxylic acids is 3. The van der Waals surface area contributed by atoms with Gasteiger partial charge in [0, 0.05) is 31.9 Å². The second kappa shape index (κ2) is 10.3. The van der Waals surface area contributed by atoms with Crippen molar-refractivity contribution in [3.05, 3.63) is 64.2 Å². The fourth-order valence-electron chi connectivity index (χ4n) is 3.56. The molecule has 0 radical (unpaired) electrons. The lowest BCUT2D eigenvalue weighted by Crippen LogP contribution is -2.49. The number of methoxy groups -OCH3 is 2. The first kappa shape index (κ1) is 25.9. The van der Waals surface area contributed by atoms with Crippen molar-refractivity contribution in [1.29, 1.82) is 0 Å². The maximum atomic E-state index is 13.3. The van der Waals surface area contributed by atoms with Crippen molar-refractivity contribution in [2.75, 3.05) is 25.7 Å². The Bertz CT molecular complexity index is 1240. The molecule has 2 aromatic carbocycles. The van der Waals surface area contributed by atoms with Crippen molar-refractivity contribution in [3.8, 4) is 0 Å². The van der Waals surface area contributed by atoms with E-state index < -0.39 is 45.0 Å². The lowest BCUT2D eigenvalue weighted by molar-refractivity contribution is -0.384. The van der Waals surface area contributed by atoms with Crippen LogP contribution in [0.5, 0.6) is 0 Å². The molecule has 1 aliphatic heterocycles. The van der Waals surface area contributed by atoms with Crippen molar-refractivity contribution in [1.82, 2.24) is 4.90 Å². The molecule has 1 aliphatic rings. The minimum absolute atomic E-state index is 0.0535. The summed E-state index contributed by atoms with van der Waals surface area (Å²) in [4.78, 5) is 51.4. The number of anilines is 1. The standard InChI is InChI=1S/C21H22N4O9S/c1-33-19(34-2)12-23(20(27)13-3-5-15(6-4-13)25(29)30)17-11-18(26)24(21(17)28)14-7-9-16(10-8-14)35(22,31)32/h3-10,17,19H,11-12H2,1-2H3,(H2,22,31,32). The number of nitrogens with zero attached hydrogens (tertiary/aromatic N) is 3. The van der Waals surface area contributed by atoms with Crippen molar-refractivity contribution in [3.63, 3.8) is 0 Å². The van der Waals surface area contributed by atoms with Gasteiger partial charge in [-0.25, -0.2) is 18.5 Å². The first-order valence-corrected chi connectivity index (χ1v) is 11.6. The van der Waals surface area contributed by atoms with Crippen LogP contribution in [0.2, 0.25) is 0 Å². The van der Waals surface area contributed by atoms with Crippen LogP contribution < -0.4 is 10.0 Å². The summed E-state index contributed by atoms with van der Waals surface area (Å²) in [7, 11) is -1.30. The zero-order valence-electron chi connectivity index (χ0n) is 18.7. The molecule has 1 heterocycles. The lowest BCUT2D eigenvalue weighted by Gasteiger charge is -2.30. The Labute approximate surface area is 200 Å². The van der Waals surface area contributed by atoms with E-state index in [0.717, 1.165) is 34.1 Å². The predicted molar refractivity (Wildman–Crippen MR) is 121 cm³/mol. The Kier molecular flexibility index (Phi) is 7.60. The molecule has 0 saturated carbocycles. The predicted octanol–water partition coefficient (Wildman–Crippen LogP) is 0.635. The van der Waals surface area contributed by atoms with Crippen LogP contribution in [0.15, 0.2) is 53.4 Å². The van der Waals surface area contributed by atoms with Crippen molar-refractivity contribution in [2.24, 2.45) is 5.14 Å². The molecule has 2 aromatic rings. The number of nitro groups is 1. The third-order valence-electron chi connectivity index (χ3n) is 5.38. The van der Waals surface area contributed by atoms with Gasteiger partial charge in [-0.1, -0.05) is 0 Å². The van der Waals surface area contributed by atoms with Crippen LogP contribution in [0.3, 0.4) is 0 Å². The average molecular weight is 506 g/mol. The summed E-state index contributed by atoms with van der Waals surface area (Å²) in [6, 6.07) is 8.39. The van der Waals surface area contributed by atoms with Crippen LogP contribution in [-0.4, -0.2) is 69.1 Å². The van der Waals surface area contributed by atoms with E-state index in [1.165, 1.54) is 38.5 Å². The SMILES string of the molecule is COC(CN(C(=O)c1ccc([N+](=O)[O-])cc1)C1CC(=O)N(c2ccc(S(N)(=O)=O)cc2)C1=O)OC. The molecule has 3 rings (SSSR count). The summed E-state index contributed by atoms with van der Waals surface area (Å²) >= 11 is 0. The molecule has 186 valence electrons. The monoisotopic (exact) mass is 506 g/mol. The number of imide groups is 1. The summed E-state index contributed by atoms with van der Waals surface area (Å²) in [5, 5.41) is 16.0. The van der Waals surface area contributed by atoms with Gasteiger partial charge in [0.2, 0.25) is 15.9 Å². The Hall–Kier alpha value is -3.72. The molecule has 1 saturated heterocycles. The smallest absolute Gasteiger partial charge is 0.269 e. The van der Waals surface area contributed by atoms with Crippen molar-refractivity contribution < 1.29 is 37.2 Å². The molecule has 0 bridgehead atoms. The van der Waals surface area contributed by atoms with Crippen LogP contribution in [0.4, 0.5) is 11.4 Å². The van der Waals surface area contributed by atoms with Gasteiger partial charge >= 0.3 is 0 Å². The highest BCUT2D eigenvalue weighted by atomic mass is 32.2. The quantitative estimate of drug-likeness (QED) is 0.221. The van der Waals surface area contributed by atoms with E-state index in [1.54, 1.807) is 0 Å². The Morgan fingerprint density at radius 3 is 2.20 bits per heavy atom. The Balaban J connectivity index is 1.94. The molecule has 0 spiro atoms. The number of sulfonamides is 1. The molecule has 0 aromatic heterocycles. The van der Waals surface area contributed by atoms with E-state index in [2.05, 4.69) is 0 Å². The lowest BCUT2D eigenvalue weighted by atomic mass is 10.1. The summed E-state index contributed by atoms with van der Waals surface area (Å²) in [6.07, 6.45) is -1.28. The van der Waals surface area contributed by atoms with Gasteiger partial charge in [-0.3, -0.25) is 24.5 Å². The third kappa shape index (κ3) is 5.51. The number of carbonyl (C=O) groups is 3. The molecule has 2 N–H and O–H groups in total. The number of hydrogen-bond acceptors (Lipinski definition) is 9. The third-order valence-corrected chi connectivity index (χ3v) is 6.31.